The molecule has 3 aromatic carbocycles. The second-order valence-electron chi connectivity index (χ2n) is 8.57. The van der Waals surface area contributed by atoms with Gasteiger partial charge < -0.3 is 14.7 Å². The molecule has 0 aliphatic carbocycles. The second-order valence-corrected chi connectivity index (χ2v) is 8.57. The van der Waals surface area contributed by atoms with Crippen molar-refractivity contribution in [1.29, 1.82) is 5.26 Å². The summed E-state index contributed by atoms with van der Waals surface area (Å²) in [4.78, 5) is 2.40. The van der Waals surface area contributed by atoms with Crippen molar-refractivity contribution in [2.75, 3.05) is 26.2 Å². The van der Waals surface area contributed by atoms with Gasteiger partial charge in [0.15, 0.2) is 0 Å². The van der Waals surface area contributed by atoms with Crippen LogP contribution in [0, 0.1) is 23.1 Å². The van der Waals surface area contributed by atoms with E-state index in [-0.39, 0.29) is 11.5 Å². The molecule has 1 heterocycles. The number of hydrogen-bond donors (Lipinski definition) is 1. The zero-order chi connectivity index (χ0) is 23.1. The average Bonchev–Trinajstić information content (AvgIpc) is 2.87. The van der Waals surface area contributed by atoms with Crippen LogP contribution >= 0.6 is 0 Å². The van der Waals surface area contributed by atoms with E-state index in [0.29, 0.717) is 12.4 Å². The number of nitrogens with zero attached hydrogens (tertiary/aromatic N) is 2. The molecule has 1 N–H and O–H groups in total. The van der Waals surface area contributed by atoms with E-state index in [1.165, 1.54) is 12.1 Å². The molecule has 0 radical (unpaired) electrons. The first kappa shape index (κ1) is 23.0. The van der Waals surface area contributed by atoms with Crippen LogP contribution in [0.3, 0.4) is 0 Å². The summed E-state index contributed by atoms with van der Waals surface area (Å²) in [5.74, 6) is 0.0267. The number of ether oxygens (including phenoxy) is 1. The van der Waals surface area contributed by atoms with Crippen molar-refractivity contribution in [3.05, 3.63) is 101 Å². The molecule has 1 fully saturated rings. The van der Waals surface area contributed by atoms with Gasteiger partial charge in [-0.3, -0.25) is 0 Å². The Labute approximate surface area is 194 Å². The van der Waals surface area contributed by atoms with E-state index in [0.717, 1.165) is 50.0 Å². The SMILES string of the molecule is N#Cc1ccc(OCCCN2CCC(C(O)(c3ccccc3)c3ccccc3)CC2)cc1F. The molecule has 4 nitrogen and oxygen atoms in total. The minimum atomic E-state index is -1.00. The van der Waals surface area contributed by atoms with Crippen molar-refractivity contribution in [2.45, 2.75) is 24.9 Å². The van der Waals surface area contributed by atoms with Crippen LogP contribution < -0.4 is 4.74 Å². The fourth-order valence-electron chi connectivity index (χ4n) is 4.75. The molecule has 0 spiro atoms. The number of aliphatic hydroxyl groups is 1. The number of halogens is 1. The largest absolute Gasteiger partial charge is 0.493 e. The molecule has 0 aromatic heterocycles. The average molecular weight is 445 g/mol. The highest BCUT2D eigenvalue weighted by molar-refractivity contribution is 5.37. The lowest BCUT2D eigenvalue weighted by molar-refractivity contribution is -0.0146. The van der Waals surface area contributed by atoms with Crippen LogP contribution in [-0.4, -0.2) is 36.2 Å². The van der Waals surface area contributed by atoms with Gasteiger partial charge in [-0.15, -0.1) is 0 Å². The van der Waals surface area contributed by atoms with E-state index in [1.807, 2.05) is 66.7 Å². The molecule has 0 saturated carbocycles. The summed E-state index contributed by atoms with van der Waals surface area (Å²) >= 11 is 0. The fraction of sp³-hybridized carbons (Fsp3) is 0.321. The van der Waals surface area contributed by atoms with Gasteiger partial charge in [0, 0.05) is 12.6 Å². The Morgan fingerprint density at radius 2 is 1.58 bits per heavy atom. The van der Waals surface area contributed by atoms with Crippen molar-refractivity contribution in [3.8, 4) is 11.8 Å². The lowest BCUT2D eigenvalue weighted by atomic mass is 9.72. The van der Waals surface area contributed by atoms with E-state index >= 15 is 0 Å². The van der Waals surface area contributed by atoms with Gasteiger partial charge in [-0.2, -0.15) is 5.26 Å². The molecule has 33 heavy (non-hydrogen) atoms. The number of piperidine rings is 1. The molecule has 0 atom stereocenters. The summed E-state index contributed by atoms with van der Waals surface area (Å²) in [5.41, 5.74) is 0.906. The third-order valence-electron chi connectivity index (χ3n) is 6.55. The molecule has 0 bridgehead atoms. The Hall–Kier alpha value is -3.20. The predicted molar refractivity (Wildman–Crippen MR) is 126 cm³/mol. The van der Waals surface area contributed by atoms with Crippen LogP contribution in [0.1, 0.15) is 36.0 Å². The summed E-state index contributed by atoms with van der Waals surface area (Å²) in [6, 6.07) is 26.1. The van der Waals surface area contributed by atoms with Gasteiger partial charge in [0.2, 0.25) is 0 Å². The summed E-state index contributed by atoms with van der Waals surface area (Å²) in [6.07, 6.45) is 2.64. The lowest BCUT2D eigenvalue weighted by Crippen LogP contribution is -2.44. The molecule has 3 aromatic rings. The maximum absolute atomic E-state index is 13.7. The van der Waals surface area contributed by atoms with Gasteiger partial charge in [0.25, 0.3) is 0 Å². The van der Waals surface area contributed by atoms with Crippen LogP contribution in [0.2, 0.25) is 0 Å². The molecule has 170 valence electrons. The molecular formula is C28H29FN2O2. The first-order chi connectivity index (χ1) is 16.1. The maximum Gasteiger partial charge on any atom is 0.144 e. The highest BCUT2D eigenvalue weighted by Crippen LogP contribution is 2.41. The monoisotopic (exact) mass is 444 g/mol. The fourth-order valence-corrected chi connectivity index (χ4v) is 4.75. The van der Waals surface area contributed by atoms with Gasteiger partial charge in [0.05, 0.1) is 12.2 Å². The third kappa shape index (κ3) is 5.24. The molecule has 0 amide bonds. The number of likely N-dealkylation sites (tertiary alicyclic amines) is 1. The van der Waals surface area contributed by atoms with E-state index in [9.17, 15) is 9.50 Å². The van der Waals surface area contributed by atoms with E-state index < -0.39 is 11.4 Å². The summed E-state index contributed by atoms with van der Waals surface area (Å²) < 4.78 is 19.3. The van der Waals surface area contributed by atoms with Crippen LogP contribution in [0.4, 0.5) is 4.39 Å². The topological polar surface area (TPSA) is 56.5 Å². The number of benzene rings is 3. The highest BCUT2D eigenvalue weighted by Gasteiger charge is 2.41. The van der Waals surface area contributed by atoms with Crippen LogP contribution in [0.5, 0.6) is 5.75 Å². The van der Waals surface area contributed by atoms with E-state index in [4.69, 9.17) is 10.00 Å². The van der Waals surface area contributed by atoms with Crippen molar-refractivity contribution in [2.24, 2.45) is 5.92 Å². The van der Waals surface area contributed by atoms with E-state index in [2.05, 4.69) is 4.90 Å². The third-order valence-corrected chi connectivity index (χ3v) is 6.55. The molecule has 0 unspecified atom stereocenters. The van der Waals surface area contributed by atoms with Crippen molar-refractivity contribution in [1.82, 2.24) is 4.90 Å². The molecule has 1 aliphatic rings. The second kappa shape index (κ2) is 10.6. The first-order valence-electron chi connectivity index (χ1n) is 11.5. The van der Waals surface area contributed by atoms with E-state index in [1.54, 1.807) is 6.07 Å². The Kier molecular flexibility index (Phi) is 7.39. The quantitative estimate of drug-likeness (QED) is 0.490. The minimum absolute atomic E-state index is 0.0242. The van der Waals surface area contributed by atoms with Crippen molar-refractivity contribution < 1.29 is 14.2 Å². The van der Waals surface area contributed by atoms with Crippen LogP contribution in [0.25, 0.3) is 0 Å². The number of rotatable bonds is 8. The van der Waals surface area contributed by atoms with Gasteiger partial charge in [-0.25, -0.2) is 4.39 Å². The van der Waals surface area contributed by atoms with Gasteiger partial charge in [0.1, 0.15) is 23.2 Å². The zero-order valence-electron chi connectivity index (χ0n) is 18.7. The first-order valence-corrected chi connectivity index (χ1v) is 11.5. The van der Waals surface area contributed by atoms with Gasteiger partial charge in [-0.1, -0.05) is 60.7 Å². The predicted octanol–water partition coefficient (Wildman–Crippen LogP) is 5.11. The van der Waals surface area contributed by atoms with Gasteiger partial charge in [-0.05, 0) is 61.5 Å². The van der Waals surface area contributed by atoms with Crippen LogP contribution in [-0.2, 0) is 5.60 Å². The van der Waals surface area contributed by atoms with Crippen LogP contribution in [0.15, 0.2) is 78.9 Å². The molecular weight excluding hydrogens is 415 g/mol. The molecule has 4 rings (SSSR count). The maximum atomic E-state index is 13.7. The zero-order valence-corrected chi connectivity index (χ0v) is 18.7. The smallest absolute Gasteiger partial charge is 0.144 e. The Balaban J connectivity index is 1.32. The Morgan fingerprint density at radius 3 is 2.12 bits per heavy atom. The Morgan fingerprint density at radius 1 is 0.970 bits per heavy atom. The summed E-state index contributed by atoms with van der Waals surface area (Å²) in [5, 5.41) is 20.8. The van der Waals surface area contributed by atoms with Crippen molar-refractivity contribution in [3.63, 3.8) is 0 Å². The number of hydrogen-bond acceptors (Lipinski definition) is 4. The Bertz CT molecular complexity index is 1030. The standard InChI is InChI=1S/C28H29FN2O2/c29-27-20-26(13-12-22(27)21-30)33-19-7-16-31-17-14-25(15-18-31)28(32,23-8-3-1-4-9-23)24-10-5-2-6-11-24/h1-6,8-13,20,25,32H,7,14-19H2. The normalized spacial score (nSPS) is 15.2. The van der Waals surface area contributed by atoms with Crippen molar-refractivity contribution >= 4 is 0 Å². The summed E-state index contributed by atoms with van der Waals surface area (Å²) in [7, 11) is 0. The lowest BCUT2D eigenvalue weighted by Gasteiger charge is -2.42. The minimum Gasteiger partial charge on any atom is -0.493 e. The summed E-state index contributed by atoms with van der Waals surface area (Å²) in [6.45, 7) is 3.21. The highest BCUT2D eigenvalue weighted by atomic mass is 19.1. The molecule has 1 aliphatic heterocycles. The molecule has 1 saturated heterocycles. The molecule has 5 heteroatoms. The van der Waals surface area contributed by atoms with Gasteiger partial charge >= 0.3 is 0 Å². The number of nitriles is 1.